The van der Waals surface area contributed by atoms with Gasteiger partial charge in [-0.25, -0.2) is 4.98 Å². The number of ether oxygens (including phenoxy) is 1. The van der Waals surface area contributed by atoms with Crippen molar-refractivity contribution in [3.8, 4) is 34.1 Å². The standard InChI is InChI=1S/C49H46N3O.Pt/c1-47(2,3)33-23-24-50-46(28-33)52-44-20-13-11-17-39(44)41-22-21-38(30-45(41)52)53-37-16-14-15-36(29-37)51-31-42(40-18-10-12-19-43(40)51)32-25-34(48(4,5)6)27-35(26-32)49(7,8)9;/h10-28H,1-9H3;/q-3;. The largest absolute Gasteiger partial charge is 0.510 e. The molecule has 0 saturated carbocycles. The summed E-state index contributed by atoms with van der Waals surface area (Å²) in [6, 6.07) is 45.6. The molecular weight excluding hydrogens is 842 g/mol. The Morgan fingerprint density at radius 2 is 1.19 bits per heavy atom. The zero-order chi connectivity index (χ0) is 37.3. The molecule has 0 atom stereocenters. The first-order chi connectivity index (χ1) is 25.1. The van der Waals surface area contributed by atoms with Crippen LogP contribution in [0, 0.1) is 18.3 Å². The van der Waals surface area contributed by atoms with Crippen LogP contribution in [0.25, 0.3) is 55.3 Å². The van der Waals surface area contributed by atoms with Crippen LogP contribution in [0.1, 0.15) is 79.0 Å². The number of nitrogens with zero attached hydrogens (tertiary/aromatic N) is 3. The van der Waals surface area contributed by atoms with Crippen molar-refractivity contribution in [1.29, 1.82) is 0 Å². The predicted octanol–water partition coefficient (Wildman–Crippen LogP) is 12.9. The minimum absolute atomic E-state index is 0. The van der Waals surface area contributed by atoms with Crippen molar-refractivity contribution in [3.63, 3.8) is 0 Å². The Balaban J connectivity index is 0.00000450. The fraction of sp³-hybridized carbons (Fsp3) is 0.245. The third-order valence-electron chi connectivity index (χ3n) is 10.2. The molecule has 0 unspecified atom stereocenters. The minimum atomic E-state index is -0.00957. The molecule has 5 aromatic carbocycles. The van der Waals surface area contributed by atoms with Crippen molar-refractivity contribution >= 4 is 32.7 Å². The van der Waals surface area contributed by atoms with E-state index in [1.165, 1.54) is 22.3 Å². The van der Waals surface area contributed by atoms with Crippen molar-refractivity contribution in [2.75, 3.05) is 0 Å². The maximum absolute atomic E-state index is 6.55. The quantitative estimate of drug-likeness (QED) is 0.161. The monoisotopic (exact) mass is 887 g/mol. The van der Waals surface area contributed by atoms with E-state index in [4.69, 9.17) is 9.72 Å². The molecule has 0 N–H and O–H groups in total. The van der Waals surface area contributed by atoms with Crippen LogP contribution in [-0.2, 0) is 37.3 Å². The molecule has 0 spiro atoms. The van der Waals surface area contributed by atoms with Gasteiger partial charge in [0.05, 0.1) is 0 Å². The first kappa shape index (κ1) is 37.4. The number of rotatable bonds is 5. The molecule has 0 bridgehead atoms. The third-order valence-corrected chi connectivity index (χ3v) is 10.2. The number of hydrogen-bond donors (Lipinski definition) is 0. The van der Waals surface area contributed by atoms with Gasteiger partial charge < -0.3 is 13.9 Å². The molecule has 0 fully saturated rings. The van der Waals surface area contributed by atoms with Crippen molar-refractivity contribution in [1.82, 2.24) is 14.1 Å². The van der Waals surface area contributed by atoms with E-state index in [0.717, 1.165) is 49.8 Å². The van der Waals surface area contributed by atoms with Gasteiger partial charge >= 0.3 is 0 Å². The van der Waals surface area contributed by atoms with E-state index in [-0.39, 0.29) is 37.3 Å². The first-order valence-corrected chi connectivity index (χ1v) is 18.5. The number of benzene rings is 5. The zero-order valence-corrected chi connectivity index (χ0v) is 34.8. The smallest absolute Gasteiger partial charge is 0.135 e. The number of hydrogen-bond acceptors (Lipinski definition) is 2. The first-order valence-electron chi connectivity index (χ1n) is 18.5. The topological polar surface area (TPSA) is 32.0 Å². The molecule has 3 aromatic heterocycles. The zero-order valence-electron chi connectivity index (χ0n) is 32.5. The number of aromatic nitrogens is 3. The molecule has 5 heteroatoms. The summed E-state index contributed by atoms with van der Waals surface area (Å²) < 4.78 is 10.8. The second kappa shape index (κ2) is 13.7. The Labute approximate surface area is 334 Å². The summed E-state index contributed by atoms with van der Waals surface area (Å²) in [5.74, 6) is 2.07. The Hall–Kier alpha value is -4.92. The van der Waals surface area contributed by atoms with Crippen LogP contribution in [0.15, 0.2) is 115 Å². The third kappa shape index (κ3) is 6.93. The van der Waals surface area contributed by atoms with Crippen LogP contribution in [0.5, 0.6) is 11.5 Å². The van der Waals surface area contributed by atoms with Crippen LogP contribution in [0.4, 0.5) is 0 Å². The van der Waals surface area contributed by atoms with Gasteiger partial charge in [0, 0.05) is 44.3 Å². The molecule has 0 radical (unpaired) electrons. The Kier molecular flexibility index (Phi) is 9.51. The molecule has 0 aliphatic heterocycles. The summed E-state index contributed by atoms with van der Waals surface area (Å²) in [6.45, 7) is 20.4. The fourth-order valence-corrected chi connectivity index (χ4v) is 7.08. The number of pyridine rings is 1. The summed E-state index contributed by atoms with van der Waals surface area (Å²) in [7, 11) is 0. The normalized spacial score (nSPS) is 12.4. The second-order valence-corrected chi connectivity index (χ2v) is 17.2. The van der Waals surface area contributed by atoms with E-state index >= 15 is 0 Å². The van der Waals surface area contributed by atoms with Gasteiger partial charge in [0.25, 0.3) is 0 Å². The Morgan fingerprint density at radius 3 is 1.87 bits per heavy atom. The Morgan fingerprint density at radius 1 is 0.556 bits per heavy atom. The summed E-state index contributed by atoms with van der Waals surface area (Å²) in [6.07, 6.45) is 5.66. The van der Waals surface area contributed by atoms with Gasteiger partial charge in [-0.15, -0.1) is 29.3 Å². The second-order valence-electron chi connectivity index (χ2n) is 17.2. The minimum Gasteiger partial charge on any atom is -0.510 e. The van der Waals surface area contributed by atoms with E-state index in [2.05, 4.69) is 181 Å². The van der Waals surface area contributed by atoms with Crippen LogP contribution < -0.4 is 4.74 Å². The van der Waals surface area contributed by atoms with Gasteiger partial charge in [-0.05, 0) is 68.2 Å². The average molecular weight is 888 g/mol. The molecule has 8 rings (SSSR count). The van der Waals surface area contributed by atoms with Gasteiger partial charge in [0.15, 0.2) is 0 Å². The summed E-state index contributed by atoms with van der Waals surface area (Å²) in [5.41, 5.74) is 10.0. The maximum Gasteiger partial charge on any atom is 0.135 e. The van der Waals surface area contributed by atoms with Gasteiger partial charge in [-0.3, -0.25) is 0 Å². The van der Waals surface area contributed by atoms with E-state index in [9.17, 15) is 0 Å². The maximum atomic E-state index is 6.55. The van der Waals surface area contributed by atoms with E-state index in [1.54, 1.807) is 0 Å². The van der Waals surface area contributed by atoms with E-state index in [1.807, 2.05) is 24.4 Å². The molecule has 4 nitrogen and oxygen atoms in total. The average Bonchev–Trinajstić information content (AvgIpc) is 3.67. The predicted molar refractivity (Wildman–Crippen MR) is 220 cm³/mol. The molecule has 0 aliphatic rings. The van der Waals surface area contributed by atoms with Crippen molar-refractivity contribution in [2.24, 2.45) is 0 Å². The molecule has 0 saturated heterocycles. The van der Waals surface area contributed by atoms with Gasteiger partial charge in [-0.1, -0.05) is 145 Å². The van der Waals surface area contributed by atoms with Crippen molar-refractivity contribution in [3.05, 3.63) is 150 Å². The van der Waals surface area contributed by atoms with Gasteiger partial charge in [-0.2, -0.15) is 24.3 Å². The molecule has 0 amide bonds. The van der Waals surface area contributed by atoms with Gasteiger partial charge in [0.1, 0.15) is 5.82 Å². The van der Waals surface area contributed by atoms with Crippen LogP contribution >= 0.6 is 0 Å². The summed E-state index contributed by atoms with van der Waals surface area (Å²) in [4.78, 5) is 4.83. The van der Waals surface area contributed by atoms with Crippen molar-refractivity contribution < 1.29 is 25.8 Å². The fourth-order valence-electron chi connectivity index (χ4n) is 7.08. The molecule has 8 aromatic rings. The van der Waals surface area contributed by atoms with Crippen LogP contribution in [0.2, 0.25) is 0 Å². The molecule has 276 valence electrons. The molecular formula is C49H46N3OPt-3. The van der Waals surface area contributed by atoms with E-state index in [0.29, 0.717) is 11.5 Å². The molecule has 0 aliphatic carbocycles. The molecule has 54 heavy (non-hydrogen) atoms. The van der Waals surface area contributed by atoms with Crippen molar-refractivity contribution in [2.45, 2.75) is 78.6 Å². The van der Waals surface area contributed by atoms with Crippen LogP contribution in [-0.4, -0.2) is 14.1 Å². The van der Waals surface area contributed by atoms with Gasteiger partial charge in [0.2, 0.25) is 0 Å². The Bertz CT molecular complexity index is 2630. The van der Waals surface area contributed by atoms with Crippen LogP contribution in [0.3, 0.4) is 0 Å². The number of fused-ring (bicyclic) bond motifs is 4. The summed E-state index contributed by atoms with van der Waals surface area (Å²) in [5, 5.41) is 3.39. The SMILES string of the molecule is CC(C)(C)c1cc(-c2[c-]n(-c3[c-]c(Oc4[c-]c5c(cc4)c4ccccc4n5-c4cc(C(C)(C)C)ccn4)ccc3)c3ccccc23)cc(C(C)(C)C)c1.[Pt]. The molecule has 3 heterocycles. The number of para-hydroxylation sites is 2. The van der Waals surface area contributed by atoms with E-state index < -0.39 is 0 Å². The summed E-state index contributed by atoms with van der Waals surface area (Å²) >= 11 is 0.